The largest absolute Gasteiger partial charge is 0.383 e. The van der Waals surface area contributed by atoms with Gasteiger partial charge in [-0.25, -0.2) is 8.42 Å². The van der Waals surface area contributed by atoms with Gasteiger partial charge >= 0.3 is 0 Å². The van der Waals surface area contributed by atoms with Crippen molar-refractivity contribution in [3.63, 3.8) is 0 Å². The van der Waals surface area contributed by atoms with Crippen LogP contribution in [0.4, 0.5) is 0 Å². The Morgan fingerprint density at radius 3 is 2.67 bits per heavy atom. The lowest BCUT2D eigenvalue weighted by molar-refractivity contribution is 0.164. The second kappa shape index (κ2) is 6.96. The van der Waals surface area contributed by atoms with Gasteiger partial charge in [-0.15, -0.1) is 22.9 Å². The fourth-order valence-corrected chi connectivity index (χ4v) is 5.88. The van der Waals surface area contributed by atoms with Crippen molar-refractivity contribution in [3.8, 4) is 0 Å². The molecule has 1 aromatic rings. The summed E-state index contributed by atoms with van der Waals surface area (Å²) in [5.74, 6) is 0.820. The minimum absolute atomic E-state index is 0.0175. The van der Waals surface area contributed by atoms with Gasteiger partial charge in [0.05, 0.1) is 17.4 Å². The fraction of sp³-hybridized carbons (Fsp3) is 0.714. The zero-order valence-electron chi connectivity index (χ0n) is 12.6. The van der Waals surface area contributed by atoms with Gasteiger partial charge in [-0.1, -0.05) is 0 Å². The maximum atomic E-state index is 13.0. The van der Waals surface area contributed by atoms with Crippen molar-refractivity contribution in [1.29, 1.82) is 0 Å². The Bertz CT molecular complexity index is 581. The smallest absolute Gasteiger partial charge is 0.244 e. The molecule has 2 rings (SSSR count). The van der Waals surface area contributed by atoms with Crippen molar-refractivity contribution >= 4 is 33.0 Å². The minimum Gasteiger partial charge on any atom is -0.383 e. The van der Waals surface area contributed by atoms with Crippen LogP contribution in [-0.4, -0.2) is 39.0 Å². The second-order valence-corrected chi connectivity index (χ2v) is 8.92. The van der Waals surface area contributed by atoms with E-state index in [1.165, 1.54) is 11.3 Å². The van der Waals surface area contributed by atoms with Gasteiger partial charge in [0.15, 0.2) is 0 Å². The molecule has 0 aliphatic heterocycles. The number of halogens is 1. The van der Waals surface area contributed by atoms with Crippen molar-refractivity contribution < 1.29 is 13.2 Å². The summed E-state index contributed by atoms with van der Waals surface area (Å²) in [6, 6.07) is 1.73. The van der Waals surface area contributed by atoms with Crippen LogP contribution in [0.25, 0.3) is 0 Å². The highest BCUT2D eigenvalue weighted by Gasteiger charge is 2.38. The van der Waals surface area contributed by atoms with Gasteiger partial charge in [0.1, 0.15) is 0 Å². The Labute approximate surface area is 136 Å². The highest BCUT2D eigenvalue weighted by Crippen LogP contribution is 2.38. The molecule has 1 fully saturated rings. The second-order valence-electron chi connectivity index (χ2n) is 5.45. The molecule has 1 unspecified atom stereocenters. The SMILES string of the molecule is COCCN(C(C)C1CC1)S(=O)(=O)c1cc(CCl)sc1C. The highest BCUT2D eigenvalue weighted by atomic mass is 35.5. The molecule has 0 spiro atoms. The van der Waals surface area contributed by atoms with E-state index in [1.54, 1.807) is 17.5 Å². The molecule has 1 atom stereocenters. The van der Waals surface area contributed by atoms with Gasteiger partial charge in [-0.2, -0.15) is 4.31 Å². The molecular weight excluding hydrogens is 330 g/mol. The third-order valence-corrected chi connectivity index (χ3v) is 7.65. The van der Waals surface area contributed by atoms with Gasteiger partial charge in [0.25, 0.3) is 0 Å². The summed E-state index contributed by atoms with van der Waals surface area (Å²) in [5, 5.41) is 0. The molecule has 21 heavy (non-hydrogen) atoms. The molecule has 0 saturated heterocycles. The predicted octanol–water partition coefficient (Wildman–Crippen LogP) is 3.23. The molecular formula is C14H22ClNO3S2. The van der Waals surface area contributed by atoms with Crippen LogP contribution in [-0.2, 0) is 20.6 Å². The first-order valence-corrected chi connectivity index (χ1v) is 9.87. The first-order valence-electron chi connectivity index (χ1n) is 7.07. The quantitative estimate of drug-likeness (QED) is 0.675. The molecule has 7 heteroatoms. The van der Waals surface area contributed by atoms with Crippen molar-refractivity contribution in [3.05, 3.63) is 15.8 Å². The Hall–Kier alpha value is -0.140. The molecule has 0 aromatic carbocycles. The number of sulfonamides is 1. The van der Waals surface area contributed by atoms with E-state index in [-0.39, 0.29) is 6.04 Å². The molecule has 1 aliphatic carbocycles. The topological polar surface area (TPSA) is 46.6 Å². The maximum Gasteiger partial charge on any atom is 0.244 e. The first-order chi connectivity index (χ1) is 9.91. The van der Waals surface area contributed by atoms with Crippen LogP contribution in [0.15, 0.2) is 11.0 Å². The van der Waals surface area contributed by atoms with E-state index in [9.17, 15) is 8.42 Å². The van der Waals surface area contributed by atoms with Crippen molar-refractivity contribution in [1.82, 2.24) is 4.31 Å². The summed E-state index contributed by atoms with van der Waals surface area (Å²) in [4.78, 5) is 2.08. The van der Waals surface area contributed by atoms with Crippen LogP contribution < -0.4 is 0 Å². The molecule has 0 radical (unpaired) electrons. The Morgan fingerprint density at radius 2 is 2.19 bits per heavy atom. The van der Waals surface area contributed by atoms with Gasteiger partial charge in [0.2, 0.25) is 10.0 Å². The lowest BCUT2D eigenvalue weighted by atomic mass is 10.2. The zero-order chi connectivity index (χ0) is 15.6. The van der Waals surface area contributed by atoms with Crippen molar-refractivity contribution in [2.45, 2.75) is 43.5 Å². The van der Waals surface area contributed by atoms with Gasteiger partial charge < -0.3 is 4.74 Å². The van der Waals surface area contributed by atoms with Gasteiger partial charge in [-0.05, 0) is 38.7 Å². The molecule has 4 nitrogen and oxygen atoms in total. The number of alkyl halides is 1. The van der Waals surface area contributed by atoms with E-state index in [0.29, 0.717) is 29.8 Å². The number of hydrogen-bond acceptors (Lipinski definition) is 4. The average molecular weight is 352 g/mol. The van der Waals surface area contributed by atoms with Crippen LogP contribution in [0.1, 0.15) is 29.5 Å². The normalized spacial score (nSPS) is 17.4. The molecule has 1 aromatic heterocycles. The number of rotatable bonds is 8. The van der Waals surface area contributed by atoms with E-state index >= 15 is 0 Å². The summed E-state index contributed by atoms with van der Waals surface area (Å²) >= 11 is 7.28. The van der Waals surface area contributed by atoms with E-state index in [4.69, 9.17) is 16.3 Å². The fourth-order valence-electron chi connectivity index (χ4n) is 2.51. The lowest BCUT2D eigenvalue weighted by Gasteiger charge is -2.28. The molecule has 0 amide bonds. The van der Waals surface area contributed by atoms with E-state index in [2.05, 4.69) is 0 Å². The molecule has 1 heterocycles. The van der Waals surface area contributed by atoms with Crippen LogP contribution in [0.5, 0.6) is 0 Å². The summed E-state index contributed by atoms with van der Waals surface area (Å²) in [6.07, 6.45) is 2.21. The molecule has 120 valence electrons. The third kappa shape index (κ3) is 3.79. The average Bonchev–Trinajstić information content (AvgIpc) is 3.21. The number of hydrogen-bond donors (Lipinski definition) is 0. The highest BCUT2D eigenvalue weighted by molar-refractivity contribution is 7.89. The van der Waals surface area contributed by atoms with E-state index in [1.807, 2.05) is 13.8 Å². The number of aryl methyl sites for hydroxylation is 1. The molecule has 0 N–H and O–H groups in total. The summed E-state index contributed by atoms with van der Waals surface area (Å²) < 4.78 is 32.7. The van der Waals surface area contributed by atoms with E-state index in [0.717, 1.165) is 22.6 Å². The molecule has 1 saturated carbocycles. The first kappa shape index (κ1) is 17.2. The Morgan fingerprint density at radius 1 is 1.52 bits per heavy atom. The minimum atomic E-state index is -3.49. The summed E-state index contributed by atoms with van der Waals surface area (Å²) in [7, 11) is -1.90. The van der Waals surface area contributed by atoms with Crippen molar-refractivity contribution in [2.24, 2.45) is 5.92 Å². The van der Waals surface area contributed by atoms with Crippen LogP contribution in [0, 0.1) is 12.8 Å². The van der Waals surface area contributed by atoms with Crippen LogP contribution in [0.3, 0.4) is 0 Å². The third-order valence-electron chi connectivity index (χ3n) is 3.92. The number of methoxy groups -OCH3 is 1. The number of thiophene rings is 1. The van der Waals surface area contributed by atoms with Crippen LogP contribution >= 0.6 is 22.9 Å². The Kier molecular flexibility index (Phi) is 5.71. The maximum absolute atomic E-state index is 13.0. The predicted molar refractivity (Wildman–Crippen MR) is 86.6 cm³/mol. The summed E-state index contributed by atoms with van der Waals surface area (Å²) in [6.45, 7) is 4.63. The van der Waals surface area contributed by atoms with Gasteiger partial charge in [-0.3, -0.25) is 0 Å². The molecule has 0 bridgehead atoms. The Balaban J connectivity index is 2.32. The van der Waals surface area contributed by atoms with E-state index < -0.39 is 10.0 Å². The number of nitrogens with zero attached hydrogens (tertiary/aromatic N) is 1. The lowest BCUT2D eigenvalue weighted by Crippen LogP contribution is -2.41. The van der Waals surface area contributed by atoms with Gasteiger partial charge in [0, 0.05) is 29.5 Å². The standard InChI is InChI=1S/C14H22ClNO3S2/c1-10(12-4-5-12)16(6-7-19-3)21(17,18)14-8-13(9-15)20-11(14)2/h8,10,12H,4-7,9H2,1-3H3. The number of ether oxygens (including phenoxy) is 1. The monoisotopic (exact) mass is 351 g/mol. The molecule has 1 aliphatic rings. The zero-order valence-corrected chi connectivity index (χ0v) is 15.0. The van der Waals surface area contributed by atoms with Crippen LogP contribution in [0.2, 0.25) is 0 Å². The summed E-state index contributed by atoms with van der Waals surface area (Å²) in [5.41, 5.74) is 0. The van der Waals surface area contributed by atoms with Crippen molar-refractivity contribution in [2.75, 3.05) is 20.3 Å².